The second-order valence-electron chi connectivity index (χ2n) is 10.7. The number of nitrogens with zero attached hydrogens (tertiary/aromatic N) is 4. The Kier molecular flexibility index (Phi) is 9.93. The summed E-state index contributed by atoms with van der Waals surface area (Å²) in [5.41, 5.74) is 3.43. The van der Waals surface area contributed by atoms with Crippen LogP contribution in [0.1, 0.15) is 46.8 Å². The van der Waals surface area contributed by atoms with Crippen LogP contribution in [-0.4, -0.2) is 46.4 Å². The second-order valence-corrected chi connectivity index (χ2v) is 10.7. The molecule has 10 nitrogen and oxygen atoms in total. The number of carbonyl (C=O) groups is 1. The van der Waals surface area contributed by atoms with E-state index in [1.807, 2.05) is 54.6 Å². The number of fused-ring (bicyclic) bond motifs is 1. The van der Waals surface area contributed by atoms with E-state index in [0.29, 0.717) is 42.3 Å². The molecule has 0 spiro atoms. The number of methoxy groups -OCH3 is 2. The molecule has 10 heteroatoms. The topological polar surface area (TPSA) is 119 Å². The summed E-state index contributed by atoms with van der Waals surface area (Å²) in [6.07, 6.45) is 3.62. The first-order chi connectivity index (χ1) is 21.9. The van der Waals surface area contributed by atoms with Gasteiger partial charge in [-0.05, 0) is 65.6 Å². The van der Waals surface area contributed by atoms with Gasteiger partial charge in [-0.2, -0.15) is 4.98 Å². The largest absolute Gasteiger partial charge is 0.497 e. The molecule has 0 fully saturated rings. The molecule has 2 aromatic heterocycles. The van der Waals surface area contributed by atoms with Gasteiger partial charge in [0.1, 0.15) is 22.7 Å². The summed E-state index contributed by atoms with van der Waals surface area (Å²) in [5, 5.41) is 13.0. The van der Waals surface area contributed by atoms with E-state index in [1.54, 1.807) is 37.1 Å². The summed E-state index contributed by atoms with van der Waals surface area (Å²) < 4.78 is 12.3. The molecule has 0 aliphatic rings. The molecule has 0 atom stereocenters. The van der Waals surface area contributed by atoms with Gasteiger partial charge in [0, 0.05) is 25.8 Å². The molecule has 0 aliphatic carbocycles. The number of carboxylic acids is 1. The van der Waals surface area contributed by atoms with Crippen LogP contribution in [0.25, 0.3) is 10.9 Å². The van der Waals surface area contributed by atoms with E-state index in [2.05, 4.69) is 17.1 Å². The van der Waals surface area contributed by atoms with Gasteiger partial charge < -0.3 is 29.4 Å². The Hall–Kier alpha value is -5.38. The molecule has 232 valence electrons. The Balaban J connectivity index is 1.55. The van der Waals surface area contributed by atoms with E-state index in [9.17, 15) is 14.7 Å². The van der Waals surface area contributed by atoms with Gasteiger partial charge in [-0.25, -0.2) is 9.78 Å². The fourth-order valence-electron chi connectivity index (χ4n) is 5.00. The summed E-state index contributed by atoms with van der Waals surface area (Å²) >= 11 is 0. The molecule has 2 N–H and O–H groups in total. The van der Waals surface area contributed by atoms with Gasteiger partial charge in [-0.3, -0.25) is 4.79 Å². The average Bonchev–Trinajstić information content (AvgIpc) is 3.06. The first kappa shape index (κ1) is 31.1. The van der Waals surface area contributed by atoms with E-state index >= 15 is 0 Å². The van der Waals surface area contributed by atoms with Crippen LogP contribution in [0.4, 0.5) is 11.8 Å². The molecule has 5 aromatic rings. The van der Waals surface area contributed by atoms with E-state index in [-0.39, 0.29) is 17.7 Å². The van der Waals surface area contributed by atoms with Crippen molar-refractivity contribution in [3.8, 4) is 11.5 Å². The third-order valence-corrected chi connectivity index (χ3v) is 7.54. The number of nitrogens with one attached hydrogen (secondary N) is 1. The molecule has 0 saturated carbocycles. The van der Waals surface area contributed by atoms with Crippen LogP contribution < -0.4 is 25.2 Å². The number of hydrogen-bond acceptors (Lipinski definition) is 8. The fourth-order valence-corrected chi connectivity index (χ4v) is 5.00. The highest BCUT2D eigenvalue weighted by Gasteiger charge is 2.19. The van der Waals surface area contributed by atoms with Crippen molar-refractivity contribution in [3.63, 3.8) is 0 Å². The lowest BCUT2D eigenvalue weighted by atomic mass is 10.1. The number of ether oxygens (including phenoxy) is 2. The summed E-state index contributed by atoms with van der Waals surface area (Å²) in [7, 11) is 3.29. The summed E-state index contributed by atoms with van der Waals surface area (Å²) in [6, 6.07) is 24.1. The van der Waals surface area contributed by atoms with Crippen LogP contribution in [0, 0.1) is 0 Å². The smallest absolute Gasteiger partial charge is 0.335 e. The third kappa shape index (κ3) is 7.59. The van der Waals surface area contributed by atoms with E-state index < -0.39 is 5.97 Å². The van der Waals surface area contributed by atoms with Crippen molar-refractivity contribution in [2.45, 2.75) is 39.4 Å². The Morgan fingerprint density at radius 1 is 0.844 bits per heavy atom. The van der Waals surface area contributed by atoms with Crippen molar-refractivity contribution in [3.05, 3.63) is 118 Å². The van der Waals surface area contributed by atoms with Gasteiger partial charge in [-0.15, -0.1) is 0 Å². The zero-order valence-electron chi connectivity index (χ0n) is 25.7. The molecule has 45 heavy (non-hydrogen) atoms. The molecular weight excluding hydrogens is 570 g/mol. The van der Waals surface area contributed by atoms with E-state index in [0.717, 1.165) is 41.0 Å². The van der Waals surface area contributed by atoms with Crippen molar-refractivity contribution in [1.82, 2.24) is 14.5 Å². The minimum atomic E-state index is -0.992. The van der Waals surface area contributed by atoms with Crippen molar-refractivity contribution >= 4 is 28.6 Å². The molecule has 0 bridgehead atoms. The van der Waals surface area contributed by atoms with Gasteiger partial charge >= 0.3 is 5.97 Å². The fraction of sp³-hybridized carbons (Fsp3) is 0.257. The first-order valence-corrected chi connectivity index (χ1v) is 14.9. The molecule has 0 saturated heterocycles. The molecule has 0 aliphatic heterocycles. The van der Waals surface area contributed by atoms with Crippen LogP contribution in [0.3, 0.4) is 0 Å². The van der Waals surface area contributed by atoms with E-state index in [1.165, 1.54) is 12.1 Å². The number of aromatic carboxylic acids is 1. The maximum absolute atomic E-state index is 13.9. The normalized spacial score (nSPS) is 10.9. The Labute approximate surface area is 261 Å². The van der Waals surface area contributed by atoms with Gasteiger partial charge in [0.05, 0.1) is 31.8 Å². The van der Waals surface area contributed by atoms with Gasteiger partial charge in [0.15, 0.2) is 0 Å². The number of hydrogen-bond donors (Lipinski definition) is 2. The quantitative estimate of drug-likeness (QED) is 0.147. The van der Waals surface area contributed by atoms with Crippen molar-refractivity contribution in [2.75, 3.05) is 31.0 Å². The highest BCUT2D eigenvalue weighted by atomic mass is 16.5. The summed E-state index contributed by atoms with van der Waals surface area (Å²) in [4.78, 5) is 37.1. The number of pyridine rings is 1. The minimum absolute atomic E-state index is 0.196. The second kappa shape index (κ2) is 14.4. The third-order valence-electron chi connectivity index (χ3n) is 7.54. The van der Waals surface area contributed by atoms with Crippen LogP contribution >= 0.6 is 0 Å². The zero-order chi connectivity index (χ0) is 31.8. The summed E-state index contributed by atoms with van der Waals surface area (Å²) in [6.45, 7) is 4.10. The number of unbranched alkanes of at least 4 members (excludes halogenated alkanes) is 1. The van der Waals surface area contributed by atoms with E-state index in [4.69, 9.17) is 19.4 Å². The van der Waals surface area contributed by atoms with Crippen LogP contribution in [0.2, 0.25) is 0 Å². The number of carboxylic acid groups (broad SMARTS) is 1. The van der Waals surface area contributed by atoms with Crippen molar-refractivity contribution in [2.24, 2.45) is 0 Å². The number of rotatable bonds is 14. The van der Waals surface area contributed by atoms with Crippen molar-refractivity contribution in [1.29, 1.82) is 0 Å². The van der Waals surface area contributed by atoms with Gasteiger partial charge in [0.2, 0.25) is 5.95 Å². The average molecular weight is 608 g/mol. The zero-order valence-corrected chi connectivity index (χ0v) is 25.7. The Bertz CT molecular complexity index is 1750. The molecule has 3 aromatic carbocycles. The monoisotopic (exact) mass is 607 g/mol. The maximum atomic E-state index is 13.9. The lowest BCUT2D eigenvalue weighted by Gasteiger charge is -2.24. The molecule has 2 heterocycles. The molecule has 0 amide bonds. The SMILES string of the molecule is CCCCNc1nc(N(Cc2ccc(OC)cc2)Cc2ccc(OC)cc2)nc2ccn(Cc3ccc(C(=O)O)cc3)c(=O)c12. The standard InChI is InChI=1S/C35H37N5O5/c1-4-5-19-36-32-31-30(18-20-39(33(31)41)21-24-6-12-27(13-7-24)34(42)43)37-35(38-32)40(22-25-8-14-28(44-2)15-9-25)23-26-10-16-29(45-3)17-11-26/h6-18,20H,4-5,19,21-23H2,1-3H3,(H,42,43)(H,36,37,38). The minimum Gasteiger partial charge on any atom is -0.497 e. The maximum Gasteiger partial charge on any atom is 0.335 e. The molecular formula is C35H37N5O5. The Morgan fingerprint density at radius 2 is 1.42 bits per heavy atom. The number of aromatic nitrogens is 3. The Morgan fingerprint density at radius 3 is 1.96 bits per heavy atom. The number of benzene rings is 3. The highest BCUT2D eigenvalue weighted by molar-refractivity contribution is 5.89. The van der Waals surface area contributed by atoms with Crippen LogP contribution in [0.5, 0.6) is 11.5 Å². The van der Waals surface area contributed by atoms with Crippen LogP contribution in [0.15, 0.2) is 89.9 Å². The van der Waals surface area contributed by atoms with Crippen molar-refractivity contribution < 1.29 is 19.4 Å². The van der Waals surface area contributed by atoms with Gasteiger partial charge in [0.25, 0.3) is 5.56 Å². The predicted molar refractivity (Wildman–Crippen MR) is 176 cm³/mol. The summed E-state index contributed by atoms with van der Waals surface area (Å²) in [5.74, 6) is 1.54. The first-order valence-electron chi connectivity index (χ1n) is 14.9. The highest BCUT2D eigenvalue weighted by Crippen LogP contribution is 2.25. The lowest BCUT2D eigenvalue weighted by molar-refractivity contribution is 0.0697. The number of anilines is 2. The predicted octanol–water partition coefficient (Wildman–Crippen LogP) is 5.97. The molecule has 0 unspecified atom stereocenters. The molecule has 5 rings (SSSR count). The lowest BCUT2D eigenvalue weighted by Crippen LogP contribution is -2.27. The van der Waals surface area contributed by atoms with Gasteiger partial charge in [-0.1, -0.05) is 49.7 Å². The molecule has 0 radical (unpaired) electrons. The van der Waals surface area contributed by atoms with Crippen LogP contribution in [-0.2, 0) is 19.6 Å².